The first-order valence-electron chi connectivity index (χ1n) is 4.31. The number of aliphatic imine (C=N–C) groups is 1. The molecule has 0 unspecified atom stereocenters. The third-order valence-electron chi connectivity index (χ3n) is 1.58. The van der Waals surface area contributed by atoms with Crippen LogP contribution in [0.15, 0.2) is 4.99 Å². The molecule has 0 heterocycles. The number of nitrogens with two attached hydrogens (primary N) is 2. The summed E-state index contributed by atoms with van der Waals surface area (Å²) < 4.78 is 35.9. The van der Waals surface area contributed by atoms with E-state index < -0.39 is 18.0 Å². The van der Waals surface area contributed by atoms with E-state index in [9.17, 15) is 13.2 Å². The number of nitrogens with zero attached hydrogens (tertiary/aromatic N) is 3. The first kappa shape index (κ1) is 14.6. The van der Waals surface area contributed by atoms with Crippen molar-refractivity contribution < 1.29 is 13.2 Å². The largest absolute Gasteiger partial charge is 0.449 e. The molecule has 0 fully saturated rings. The Balaban J connectivity index is 4.35. The van der Waals surface area contributed by atoms with E-state index in [2.05, 4.69) is 10.7 Å². The molecular formula is C7H15F3N6. The highest BCUT2D eigenvalue weighted by Crippen LogP contribution is 2.14. The fraction of sp³-hybridized carbons (Fsp3) is 0.714. The molecular weight excluding hydrogens is 225 g/mol. The summed E-state index contributed by atoms with van der Waals surface area (Å²) >= 11 is 0. The number of hydrazine groups is 1. The molecule has 0 aromatic heterocycles. The van der Waals surface area contributed by atoms with Gasteiger partial charge in [-0.05, 0) is 14.1 Å². The normalized spacial score (nSPS) is 13.1. The van der Waals surface area contributed by atoms with E-state index >= 15 is 0 Å². The van der Waals surface area contributed by atoms with E-state index in [4.69, 9.17) is 11.3 Å². The molecule has 16 heavy (non-hydrogen) atoms. The zero-order valence-corrected chi connectivity index (χ0v) is 9.04. The van der Waals surface area contributed by atoms with E-state index in [1.54, 1.807) is 19.0 Å². The molecule has 6 nitrogen and oxygen atoms in total. The van der Waals surface area contributed by atoms with Gasteiger partial charge in [-0.1, -0.05) is 0 Å². The molecule has 0 aliphatic heterocycles. The van der Waals surface area contributed by atoms with Crippen LogP contribution in [0.25, 0.3) is 0 Å². The number of alkyl halides is 3. The number of guanidine groups is 1. The van der Waals surface area contributed by atoms with E-state index in [0.717, 1.165) is 5.01 Å². The van der Waals surface area contributed by atoms with Crippen LogP contribution in [0.3, 0.4) is 0 Å². The molecule has 0 aromatic carbocycles. The third kappa shape index (κ3) is 5.51. The van der Waals surface area contributed by atoms with Crippen molar-refractivity contribution in [3.63, 3.8) is 0 Å². The lowest BCUT2D eigenvalue weighted by Crippen LogP contribution is -2.42. The Morgan fingerprint density at radius 3 is 2.19 bits per heavy atom. The molecule has 0 radical (unpaired) electrons. The SMILES string of the molecule is CN(C)CCN(N)C(=N)/N=C(\N)C(F)(F)F. The maximum Gasteiger partial charge on any atom is 0.449 e. The van der Waals surface area contributed by atoms with Crippen molar-refractivity contribution in [1.82, 2.24) is 9.91 Å². The van der Waals surface area contributed by atoms with Gasteiger partial charge in [-0.2, -0.15) is 18.2 Å². The smallest absolute Gasteiger partial charge is 0.379 e. The van der Waals surface area contributed by atoms with E-state index in [-0.39, 0.29) is 6.54 Å². The van der Waals surface area contributed by atoms with Gasteiger partial charge in [0.15, 0.2) is 0 Å². The zero-order chi connectivity index (χ0) is 12.9. The van der Waals surface area contributed by atoms with Gasteiger partial charge in [0.05, 0.1) is 0 Å². The van der Waals surface area contributed by atoms with Gasteiger partial charge in [0.1, 0.15) is 0 Å². The summed E-state index contributed by atoms with van der Waals surface area (Å²) in [4.78, 5) is 4.63. The molecule has 0 saturated carbocycles. The lowest BCUT2D eigenvalue weighted by Gasteiger charge is -2.19. The van der Waals surface area contributed by atoms with Crippen molar-refractivity contribution in [2.45, 2.75) is 6.18 Å². The number of halogens is 3. The quantitative estimate of drug-likeness (QED) is 0.270. The van der Waals surface area contributed by atoms with Gasteiger partial charge >= 0.3 is 6.18 Å². The maximum atomic E-state index is 12.0. The third-order valence-corrected chi connectivity index (χ3v) is 1.58. The average Bonchev–Trinajstić information content (AvgIpc) is 2.12. The molecule has 0 bridgehead atoms. The van der Waals surface area contributed by atoms with Gasteiger partial charge in [0, 0.05) is 13.1 Å². The standard InChI is InChI=1S/C7H15F3N6/c1-15(2)3-4-16(13)6(12)14-5(11)7(8,9)10/h3-4,13H2,1-2H3,(H3,11,12,14). The molecule has 0 rings (SSSR count). The van der Waals surface area contributed by atoms with Crippen LogP contribution in [-0.2, 0) is 0 Å². The van der Waals surface area contributed by atoms with Crippen LogP contribution in [0.5, 0.6) is 0 Å². The van der Waals surface area contributed by atoms with Crippen LogP contribution in [0.4, 0.5) is 13.2 Å². The van der Waals surface area contributed by atoms with Crippen molar-refractivity contribution in [1.29, 1.82) is 5.41 Å². The number of nitrogens with one attached hydrogen (secondary N) is 1. The summed E-state index contributed by atoms with van der Waals surface area (Å²) in [6, 6.07) is 0. The Kier molecular flexibility index (Phi) is 5.18. The molecule has 0 amide bonds. The minimum Gasteiger partial charge on any atom is -0.379 e. The summed E-state index contributed by atoms with van der Waals surface area (Å²) in [5, 5.41) is 7.95. The summed E-state index contributed by atoms with van der Waals surface area (Å²) in [7, 11) is 3.54. The predicted molar refractivity (Wildman–Crippen MR) is 54.9 cm³/mol. The maximum absolute atomic E-state index is 12.0. The van der Waals surface area contributed by atoms with Gasteiger partial charge < -0.3 is 10.6 Å². The highest BCUT2D eigenvalue weighted by molar-refractivity contribution is 5.96. The zero-order valence-electron chi connectivity index (χ0n) is 9.04. The summed E-state index contributed by atoms with van der Waals surface area (Å²) in [5.74, 6) is 3.00. The van der Waals surface area contributed by atoms with Crippen molar-refractivity contribution in [3.8, 4) is 0 Å². The van der Waals surface area contributed by atoms with Gasteiger partial charge in [-0.15, -0.1) is 0 Å². The van der Waals surface area contributed by atoms with Gasteiger partial charge in [0.25, 0.3) is 0 Å². The number of amidine groups is 1. The Labute approximate surface area is 91.2 Å². The summed E-state index contributed by atoms with van der Waals surface area (Å²) in [5.41, 5.74) is 4.64. The topological polar surface area (TPSA) is 94.7 Å². The molecule has 0 aliphatic rings. The van der Waals surface area contributed by atoms with Gasteiger partial charge in [-0.25, -0.2) is 5.84 Å². The fourth-order valence-electron chi connectivity index (χ4n) is 0.655. The van der Waals surface area contributed by atoms with Crippen LogP contribution < -0.4 is 11.6 Å². The molecule has 9 heteroatoms. The average molecular weight is 240 g/mol. The summed E-state index contributed by atoms with van der Waals surface area (Å²) in [6.07, 6.45) is -4.74. The van der Waals surface area contributed by atoms with Crippen molar-refractivity contribution in [2.24, 2.45) is 16.6 Å². The number of likely N-dealkylation sites (N-methyl/N-ethyl adjacent to an activating group) is 1. The minimum atomic E-state index is -4.74. The van der Waals surface area contributed by atoms with E-state index in [0.29, 0.717) is 6.54 Å². The first-order valence-corrected chi connectivity index (χ1v) is 4.31. The molecule has 0 atom stereocenters. The Bertz CT molecular complexity index is 272. The lowest BCUT2D eigenvalue weighted by molar-refractivity contribution is -0.0597. The second-order valence-electron chi connectivity index (χ2n) is 3.32. The van der Waals surface area contributed by atoms with Crippen LogP contribution in [0, 0.1) is 5.41 Å². The van der Waals surface area contributed by atoms with Crippen LogP contribution in [0.2, 0.25) is 0 Å². The van der Waals surface area contributed by atoms with Crippen molar-refractivity contribution >= 4 is 11.8 Å². The fourth-order valence-corrected chi connectivity index (χ4v) is 0.655. The first-order chi connectivity index (χ1) is 7.14. The van der Waals surface area contributed by atoms with E-state index in [1.165, 1.54) is 0 Å². The van der Waals surface area contributed by atoms with Crippen LogP contribution >= 0.6 is 0 Å². The van der Waals surface area contributed by atoms with Crippen molar-refractivity contribution in [2.75, 3.05) is 27.2 Å². The number of rotatable bonds is 3. The monoisotopic (exact) mass is 240 g/mol. The predicted octanol–water partition coefficient (Wildman–Crippen LogP) is -0.422. The highest BCUT2D eigenvalue weighted by atomic mass is 19.4. The highest BCUT2D eigenvalue weighted by Gasteiger charge is 2.34. The Morgan fingerprint density at radius 2 is 1.81 bits per heavy atom. The Morgan fingerprint density at radius 1 is 1.31 bits per heavy atom. The second kappa shape index (κ2) is 5.66. The minimum absolute atomic E-state index is 0.181. The van der Waals surface area contributed by atoms with Crippen molar-refractivity contribution in [3.05, 3.63) is 0 Å². The molecule has 0 saturated heterocycles. The molecule has 0 spiro atoms. The molecule has 94 valence electrons. The molecule has 0 aliphatic carbocycles. The van der Waals surface area contributed by atoms with Crippen LogP contribution in [-0.4, -0.2) is 55.1 Å². The second-order valence-corrected chi connectivity index (χ2v) is 3.32. The van der Waals surface area contributed by atoms with Gasteiger partial charge in [-0.3, -0.25) is 10.4 Å². The van der Waals surface area contributed by atoms with Crippen LogP contribution in [0.1, 0.15) is 0 Å². The molecule has 0 aromatic rings. The van der Waals surface area contributed by atoms with E-state index in [1.807, 2.05) is 0 Å². The lowest BCUT2D eigenvalue weighted by atomic mass is 10.5. The Hall–Kier alpha value is -1.35. The number of hydrogen-bond donors (Lipinski definition) is 3. The molecule has 5 N–H and O–H groups in total. The van der Waals surface area contributed by atoms with Gasteiger partial charge in [0.2, 0.25) is 11.8 Å². The number of hydrogen-bond acceptors (Lipinski definition) is 3. The summed E-state index contributed by atoms with van der Waals surface area (Å²) in [6.45, 7) is 0.667.